The summed E-state index contributed by atoms with van der Waals surface area (Å²) in [6.45, 7) is 3.03. The number of nitrogens with zero attached hydrogens (tertiary/aromatic N) is 1. The van der Waals surface area contributed by atoms with E-state index in [2.05, 4.69) is 4.90 Å². The summed E-state index contributed by atoms with van der Waals surface area (Å²) in [6, 6.07) is 7.26. The molecule has 0 unspecified atom stereocenters. The summed E-state index contributed by atoms with van der Waals surface area (Å²) in [5.74, 6) is 0.286. The second kappa shape index (κ2) is 8.02. The third kappa shape index (κ3) is 5.95. The third-order valence-corrected chi connectivity index (χ3v) is 2.81. The van der Waals surface area contributed by atoms with E-state index in [0.29, 0.717) is 18.0 Å². The molecule has 0 fully saturated rings. The van der Waals surface area contributed by atoms with E-state index in [4.69, 9.17) is 22.7 Å². The van der Waals surface area contributed by atoms with Crippen LogP contribution in [0.15, 0.2) is 24.3 Å². The number of ether oxygens (including phenoxy) is 1. The van der Waals surface area contributed by atoms with Crippen LogP contribution in [0.2, 0.25) is 0 Å². The van der Waals surface area contributed by atoms with Gasteiger partial charge in [0.1, 0.15) is 5.75 Å². The van der Waals surface area contributed by atoms with Crippen LogP contribution in [0.1, 0.15) is 12.0 Å². The predicted octanol–water partition coefficient (Wildman–Crippen LogP) is 1.52. The molecular weight excluding hydrogens is 248 g/mol. The van der Waals surface area contributed by atoms with Gasteiger partial charge in [-0.05, 0) is 17.7 Å². The number of nitrogens with two attached hydrogens (primary N) is 1. The number of benzene rings is 1. The minimum atomic E-state index is 0.286. The van der Waals surface area contributed by atoms with Crippen molar-refractivity contribution in [2.24, 2.45) is 5.73 Å². The first-order valence-electron chi connectivity index (χ1n) is 5.89. The molecule has 100 valence electrons. The maximum Gasteiger partial charge on any atom is 0.115 e. The summed E-state index contributed by atoms with van der Waals surface area (Å²) in [5.41, 5.74) is 6.58. The van der Waals surface area contributed by atoms with Crippen molar-refractivity contribution in [1.82, 2.24) is 4.90 Å². The van der Waals surface area contributed by atoms with E-state index in [-0.39, 0.29) is 5.75 Å². The Kier molecular flexibility index (Phi) is 6.64. The molecule has 0 aliphatic carbocycles. The van der Waals surface area contributed by atoms with Gasteiger partial charge < -0.3 is 15.6 Å². The molecule has 0 amide bonds. The molecule has 0 aliphatic heterocycles. The average Bonchev–Trinajstić information content (AvgIpc) is 2.32. The topological polar surface area (TPSA) is 58.7 Å². The second-order valence-electron chi connectivity index (χ2n) is 4.16. The quantitative estimate of drug-likeness (QED) is 0.700. The highest BCUT2D eigenvalue weighted by atomic mass is 32.1. The Labute approximate surface area is 113 Å². The number of hydrogen-bond donors (Lipinski definition) is 2. The van der Waals surface area contributed by atoms with E-state index in [0.717, 1.165) is 25.2 Å². The SMILES string of the molecule is COCCN(CCC(N)=S)Cc1cccc(O)c1. The van der Waals surface area contributed by atoms with Gasteiger partial charge in [-0.1, -0.05) is 24.4 Å². The normalized spacial score (nSPS) is 10.8. The molecule has 4 nitrogen and oxygen atoms in total. The fraction of sp³-hybridized carbons (Fsp3) is 0.462. The summed E-state index contributed by atoms with van der Waals surface area (Å²) in [5, 5.41) is 9.44. The lowest BCUT2D eigenvalue weighted by Crippen LogP contribution is -2.30. The molecule has 0 aromatic heterocycles. The van der Waals surface area contributed by atoms with Gasteiger partial charge in [0.2, 0.25) is 0 Å². The van der Waals surface area contributed by atoms with Crippen molar-refractivity contribution in [3.8, 4) is 5.75 Å². The van der Waals surface area contributed by atoms with Crippen molar-refractivity contribution in [2.45, 2.75) is 13.0 Å². The predicted molar refractivity (Wildman–Crippen MR) is 76.7 cm³/mol. The first-order chi connectivity index (χ1) is 8.61. The molecule has 0 aliphatic rings. The highest BCUT2D eigenvalue weighted by Crippen LogP contribution is 2.13. The first kappa shape index (κ1) is 14.9. The largest absolute Gasteiger partial charge is 0.508 e. The molecular formula is C13H20N2O2S. The van der Waals surface area contributed by atoms with E-state index in [9.17, 15) is 5.11 Å². The molecule has 3 N–H and O–H groups in total. The molecule has 18 heavy (non-hydrogen) atoms. The monoisotopic (exact) mass is 268 g/mol. The lowest BCUT2D eigenvalue weighted by molar-refractivity contribution is 0.146. The van der Waals surface area contributed by atoms with Crippen LogP contribution >= 0.6 is 12.2 Å². The standard InChI is InChI=1S/C13H20N2O2S/c1-17-8-7-15(6-5-13(14)18)10-11-3-2-4-12(16)9-11/h2-4,9,16H,5-8,10H2,1H3,(H2,14,18). The zero-order chi connectivity index (χ0) is 13.4. The molecule has 0 atom stereocenters. The Hall–Kier alpha value is -1.17. The number of phenols is 1. The highest BCUT2D eigenvalue weighted by Gasteiger charge is 2.07. The Morgan fingerprint density at radius 1 is 1.44 bits per heavy atom. The minimum absolute atomic E-state index is 0.286. The fourth-order valence-corrected chi connectivity index (χ4v) is 1.76. The van der Waals surface area contributed by atoms with E-state index >= 15 is 0 Å². The summed E-state index contributed by atoms with van der Waals surface area (Å²) < 4.78 is 5.09. The maximum absolute atomic E-state index is 9.44. The van der Waals surface area contributed by atoms with E-state index in [1.807, 2.05) is 12.1 Å². The van der Waals surface area contributed by atoms with Crippen molar-refractivity contribution < 1.29 is 9.84 Å². The summed E-state index contributed by atoms with van der Waals surface area (Å²) >= 11 is 4.89. The molecule has 0 bridgehead atoms. The summed E-state index contributed by atoms with van der Waals surface area (Å²) in [6.07, 6.45) is 0.692. The number of rotatable bonds is 8. The average molecular weight is 268 g/mol. The van der Waals surface area contributed by atoms with Crippen molar-refractivity contribution in [2.75, 3.05) is 26.8 Å². The van der Waals surface area contributed by atoms with Crippen LogP contribution in [-0.4, -0.2) is 41.8 Å². The molecule has 0 heterocycles. The van der Waals surface area contributed by atoms with Crippen LogP contribution in [0.4, 0.5) is 0 Å². The Balaban J connectivity index is 2.56. The fourth-order valence-electron chi connectivity index (χ4n) is 1.67. The summed E-state index contributed by atoms with van der Waals surface area (Å²) in [4.78, 5) is 2.73. The molecule has 0 saturated carbocycles. The maximum atomic E-state index is 9.44. The number of phenolic OH excluding ortho intramolecular Hbond substituents is 1. The number of methoxy groups -OCH3 is 1. The van der Waals surface area contributed by atoms with Crippen LogP contribution in [0.25, 0.3) is 0 Å². The zero-order valence-corrected chi connectivity index (χ0v) is 11.4. The Morgan fingerprint density at radius 3 is 2.83 bits per heavy atom. The third-order valence-electron chi connectivity index (χ3n) is 2.60. The van der Waals surface area contributed by atoms with Gasteiger partial charge in [0, 0.05) is 33.2 Å². The summed E-state index contributed by atoms with van der Waals surface area (Å²) in [7, 11) is 1.68. The van der Waals surface area contributed by atoms with Crippen LogP contribution in [0.5, 0.6) is 5.75 Å². The van der Waals surface area contributed by atoms with Crippen molar-refractivity contribution in [3.63, 3.8) is 0 Å². The first-order valence-corrected chi connectivity index (χ1v) is 6.30. The van der Waals surface area contributed by atoms with Gasteiger partial charge in [-0.15, -0.1) is 0 Å². The van der Waals surface area contributed by atoms with Gasteiger partial charge >= 0.3 is 0 Å². The van der Waals surface area contributed by atoms with Gasteiger partial charge in [-0.25, -0.2) is 0 Å². The second-order valence-corrected chi connectivity index (χ2v) is 4.68. The lowest BCUT2D eigenvalue weighted by atomic mass is 10.2. The Bertz CT molecular complexity index is 385. The van der Waals surface area contributed by atoms with Crippen LogP contribution < -0.4 is 5.73 Å². The van der Waals surface area contributed by atoms with E-state index < -0.39 is 0 Å². The zero-order valence-electron chi connectivity index (χ0n) is 10.6. The van der Waals surface area contributed by atoms with Crippen LogP contribution in [0.3, 0.4) is 0 Å². The molecule has 0 saturated heterocycles. The van der Waals surface area contributed by atoms with Gasteiger partial charge in [-0.3, -0.25) is 4.90 Å². The van der Waals surface area contributed by atoms with Gasteiger partial charge in [0.15, 0.2) is 0 Å². The molecule has 1 aromatic rings. The van der Waals surface area contributed by atoms with Crippen LogP contribution in [0, 0.1) is 0 Å². The number of aromatic hydroxyl groups is 1. The van der Waals surface area contributed by atoms with Crippen molar-refractivity contribution in [3.05, 3.63) is 29.8 Å². The molecule has 5 heteroatoms. The highest BCUT2D eigenvalue weighted by molar-refractivity contribution is 7.80. The molecule has 0 radical (unpaired) electrons. The van der Waals surface area contributed by atoms with E-state index in [1.165, 1.54) is 0 Å². The van der Waals surface area contributed by atoms with Gasteiger partial charge in [0.05, 0.1) is 11.6 Å². The van der Waals surface area contributed by atoms with Gasteiger partial charge in [-0.2, -0.15) is 0 Å². The number of thiocarbonyl (C=S) groups is 1. The number of hydrogen-bond acceptors (Lipinski definition) is 4. The van der Waals surface area contributed by atoms with Crippen molar-refractivity contribution >= 4 is 17.2 Å². The Morgan fingerprint density at radius 2 is 2.22 bits per heavy atom. The van der Waals surface area contributed by atoms with Gasteiger partial charge in [0.25, 0.3) is 0 Å². The smallest absolute Gasteiger partial charge is 0.115 e. The van der Waals surface area contributed by atoms with Crippen molar-refractivity contribution in [1.29, 1.82) is 0 Å². The molecule has 1 rings (SSSR count). The van der Waals surface area contributed by atoms with E-state index in [1.54, 1.807) is 19.2 Å². The van der Waals surface area contributed by atoms with Crippen LogP contribution in [-0.2, 0) is 11.3 Å². The molecule has 1 aromatic carbocycles. The molecule has 0 spiro atoms. The minimum Gasteiger partial charge on any atom is -0.508 e. The lowest BCUT2D eigenvalue weighted by Gasteiger charge is -2.21.